The SMILES string of the molecule is CCCN(C[C@]1(O)CC[C@H]2c3ccc(cc3C(=O)c3ccc(-c4ccccc4)cc3)C[C@@H](O)CCC(C)=CCC[C@@]21C)C(=O)Nc1ccccc1. The fourth-order valence-corrected chi connectivity index (χ4v) is 8.36. The van der Waals surface area contributed by atoms with Crippen molar-refractivity contribution >= 4 is 17.5 Å². The Bertz CT molecular complexity index is 1840. The summed E-state index contributed by atoms with van der Waals surface area (Å²) in [4.78, 5) is 30.0. The Balaban J connectivity index is 1.38. The number of aliphatic hydroxyl groups is 2. The minimum Gasteiger partial charge on any atom is -0.393 e. The molecule has 6 nitrogen and oxygen atoms in total. The minimum atomic E-state index is -1.19. The molecule has 0 spiro atoms. The maximum atomic E-state index is 14.5. The molecular formula is C45H52N2O4. The van der Waals surface area contributed by atoms with Crippen LogP contribution in [-0.4, -0.2) is 51.7 Å². The molecule has 4 aromatic carbocycles. The zero-order valence-corrected chi connectivity index (χ0v) is 30.3. The number of benzene rings is 4. The Labute approximate surface area is 303 Å². The second kappa shape index (κ2) is 15.8. The van der Waals surface area contributed by atoms with Crippen LogP contribution < -0.4 is 5.32 Å². The van der Waals surface area contributed by atoms with Crippen molar-refractivity contribution in [2.45, 2.75) is 89.8 Å². The van der Waals surface area contributed by atoms with Crippen molar-refractivity contribution in [3.05, 3.63) is 137 Å². The number of nitrogens with one attached hydrogen (secondary N) is 1. The topological polar surface area (TPSA) is 89.9 Å². The number of urea groups is 1. The summed E-state index contributed by atoms with van der Waals surface area (Å²) < 4.78 is 0. The fourth-order valence-electron chi connectivity index (χ4n) is 8.36. The number of carbonyl (C=O) groups is 2. The van der Waals surface area contributed by atoms with Gasteiger partial charge in [0.15, 0.2) is 5.78 Å². The number of carbonyl (C=O) groups excluding carboxylic acids is 2. The number of hydrogen-bond donors (Lipinski definition) is 3. The van der Waals surface area contributed by atoms with E-state index in [1.54, 1.807) is 4.90 Å². The Hall–Kier alpha value is -4.52. The van der Waals surface area contributed by atoms with Gasteiger partial charge >= 0.3 is 6.03 Å². The van der Waals surface area contributed by atoms with Crippen molar-refractivity contribution < 1.29 is 19.8 Å². The number of nitrogens with zero attached hydrogens (tertiary/aromatic N) is 1. The first-order valence-corrected chi connectivity index (χ1v) is 18.6. The Kier molecular flexibility index (Phi) is 11.2. The number of ketones is 1. The molecule has 6 heteroatoms. The van der Waals surface area contributed by atoms with E-state index in [1.165, 1.54) is 5.57 Å². The largest absolute Gasteiger partial charge is 0.393 e. The lowest BCUT2D eigenvalue weighted by Crippen LogP contribution is -2.54. The van der Waals surface area contributed by atoms with Gasteiger partial charge in [0.2, 0.25) is 0 Å². The maximum Gasteiger partial charge on any atom is 0.321 e. The van der Waals surface area contributed by atoms with Gasteiger partial charge < -0.3 is 20.4 Å². The summed E-state index contributed by atoms with van der Waals surface area (Å²) >= 11 is 0. The zero-order chi connectivity index (χ0) is 36.0. The normalized spacial score (nSPS) is 23.5. The standard InChI is InChI=1S/C45H52N2O4/c1-4-28-47(43(50)46-37-15-9-6-10-16-37)31-45(51)27-25-41-39-24-18-33(29-38(48)23-17-32(2)12-11-26-44(41,45)3)30-40(39)42(49)36-21-19-35(20-22-36)34-13-7-5-8-14-34/h5-10,12-16,18-22,24,30,38,41,48,51H,4,11,17,23,25-29,31H2,1-3H3,(H,46,50)/t38-,41-,44-,45+/m0/s1. The molecule has 7 rings (SSSR count). The van der Waals surface area contributed by atoms with Gasteiger partial charge in [-0.2, -0.15) is 0 Å². The number of aliphatic hydroxyl groups excluding tert-OH is 1. The van der Waals surface area contributed by atoms with E-state index in [4.69, 9.17) is 0 Å². The molecular weight excluding hydrogens is 633 g/mol. The molecule has 3 aliphatic rings. The van der Waals surface area contributed by atoms with Crippen LogP contribution in [0.15, 0.2) is 115 Å². The van der Waals surface area contributed by atoms with Crippen LogP contribution in [0.3, 0.4) is 0 Å². The zero-order valence-electron chi connectivity index (χ0n) is 30.3. The fraction of sp³-hybridized carbons (Fsp3) is 0.378. The highest BCUT2D eigenvalue weighted by Crippen LogP contribution is 2.59. The van der Waals surface area contributed by atoms with Crippen LogP contribution in [0.4, 0.5) is 10.5 Å². The van der Waals surface area contributed by atoms with Gasteiger partial charge in [-0.3, -0.25) is 4.79 Å². The summed E-state index contributed by atoms with van der Waals surface area (Å²) in [6, 6.07) is 33.2. The number of para-hydroxylation sites is 1. The first kappa shape index (κ1) is 36.3. The summed E-state index contributed by atoms with van der Waals surface area (Å²) in [6.45, 7) is 7.04. The Morgan fingerprint density at radius 2 is 1.57 bits per heavy atom. The van der Waals surface area contributed by atoms with E-state index >= 15 is 0 Å². The van der Waals surface area contributed by atoms with E-state index in [-0.39, 0.29) is 24.3 Å². The molecule has 3 aliphatic carbocycles. The summed E-state index contributed by atoms with van der Waals surface area (Å²) in [6.07, 6.45) is 7.02. The molecule has 2 bridgehead atoms. The van der Waals surface area contributed by atoms with Crippen LogP contribution >= 0.6 is 0 Å². The van der Waals surface area contributed by atoms with Crippen molar-refractivity contribution in [2.75, 3.05) is 18.4 Å². The van der Waals surface area contributed by atoms with Crippen LogP contribution in [0.2, 0.25) is 0 Å². The summed E-state index contributed by atoms with van der Waals surface area (Å²) in [5.41, 5.74) is 5.35. The molecule has 0 unspecified atom stereocenters. The number of amides is 2. The van der Waals surface area contributed by atoms with Crippen molar-refractivity contribution in [3.8, 4) is 11.1 Å². The van der Waals surface area contributed by atoms with Crippen LogP contribution in [0.5, 0.6) is 0 Å². The lowest BCUT2D eigenvalue weighted by molar-refractivity contribution is -0.0763. The van der Waals surface area contributed by atoms with E-state index in [0.717, 1.165) is 47.2 Å². The predicted octanol–water partition coefficient (Wildman–Crippen LogP) is 9.57. The Morgan fingerprint density at radius 1 is 0.882 bits per heavy atom. The Morgan fingerprint density at radius 3 is 2.27 bits per heavy atom. The third kappa shape index (κ3) is 8.03. The molecule has 0 aliphatic heterocycles. The van der Waals surface area contributed by atoms with Gasteiger partial charge in [-0.25, -0.2) is 4.79 Å². The molecule has 0 heterocycles. The highest BCUT2D eigenvalue weighted by atomic mass is 16.3. The van der Waals surface area contributed by atoms with Crippen molar-refractivity contribution in [3.63, 3.8) is 0 Å². The van der Waals surface area contributed by atoms with Crippen molar-refractivity contribution in [1.29, 1.82) is 0 Å². The van der Waals surface area contributed by atoms with E-state index in [2.05, 4.69) is 49.5 Å². The van der Waals surface area contributed by atoms with Crippen molar-refractivity contribution in [1.82, 2.24) is 4.90 Å². The van der Waals surface area contributed by atoms with Gasteiger partial charge in [0.25, 0.3) is 0 Å². The van der Waals surface area contributed by atoms with Gasteiger partial charge in [0.05, 0.1) is 18.2 Å². The van der Waals surface area contributed by atoms with Gasteiger partial charge in [0, 0.05) is 28.8 Å². The molecule has 0 saturated heterocycles. The van der Waals surface area contributed by atoms with E-state index in [1.807, 2.05) is 85.8 Å². The summed E-state index contributed by atoms with van der Waals surface area (Å²) in [5.74, 6) is -0.183. The van der Waals surface area contributed by atoms with E-state index in [9.17, 15) is 19.8 Å². The molecule has 2 amide bonds. The number of allylic oxidation sites excluding steroid dienone is 2. The molecule has 0 aromatic heterocycles. The van der Waals surface area contributed by atoms with Crippen molar-refractivity contribution in [2.24, 2.45) is 5.41 Å². The summed E-state index contributed by atoms with van der Waals surface area (Å²) in [5, 5.41) is 26.9. The minimum absolute atomic E-state index is 0.0589. The monoisotopic (exact) mass is 684 g/mol. The number of anilines is 1. The van der Waals surface area contributed by atoms with Crippen LogP contribution in [0, 0.1) is 5.41 Å². The van der Waals surface area contributed by atoms with Crippen LogP contribution in [0.1, 0.15) is 98.7 Å². The molecule has 266 valence electrons. The van der Waals surface area contributed by atoms with Gasteiger partial charge in [-0.1, -0.05) is 110 Å². The third-order valence-electron chi connectivity index (χ3n) is 11.4. The molecule has 3 N–H and O–H groups in total. The first-order chi connectivity index (χ1) is 24.6. The molecule has 1 fully saturated rings. The molecule has 51 heavy (non-hydrogen) atoms. The molecule has 0 radical (unpaired) electrons. The van der Waals surface area contributed by atoms with Crippen LogP contribution in [0.25, 0.3) is 11.1 Å². The average Bonchev–Trinajstić information content (AvgIpc) is 3.39. The predicted molar refractivity (Wildman–Crippen MR) is 206 cm³/mol. The molecule has 4 aromatic rings. The van der Waals surface area contributed by atoms with Gasteiger partial charge in [0.1, 0.15) is 0 Å². The highest BCUT2D eigenvalue weighted by molar-refractivity contribution is 6.10. The third-order valence-corrected chi connectivity index (χ3v) is 11.4. The van der Waals surface area contributed by atoms with Gasteiger partial charge in [-0.05, 0) is 105 Å². The van der Waals surface area contributed by atoms with Crippen LogP contribution in [-0.2, 0) is 6.42 Å². The second-order valence-electron chi connectivity index (χ2n) is 14.9. The number of rotatable bonds is 8. The highest BCUT2D eigenvalue weighted by Gasteiger charge is 2.57. The van der Waals surface area contributed by atoms with E-state index < -0.39 is 17.1 Å². The quantitative estimate of drug-likeness (QED) is 0.127. The molecule has 4 atom stereocenters. The summed E-state index contributed by atoms with van der Waals surface area (Å²) in [7, 11) is 0. The number of fused-ring (bicyclic) bond motifs is 8. The lowest BCUT2D eigenvalue weighted by Gasteiger charge is -2.46. The lowest BCUT2D eigenvalue weighted by atomic mass is 9.64. The van der Waals surface area contributed by atoms with E-state index in [0.29, 0.717) is 49.8 Å². The smallest absolute Gasteiger partial charge is 0.321 e. The maximum absolute atomic E-state index is 14.5. The molecule has 1 saturated carbocycles. The number of hydrogen-bond acceptors (Lipinski definition) is 4. The first-order valence-electron chi connectivity index (χ1n) is 18.6. The second-order valence-corrected chi connectivity index (χ2v) is 14.9. The van der Waals surface area contributed by atoms with Gasteiger partial charge in [-0.15, -0.1) is 0 Å². The average molecular weight is 685 g/mol.